The highest BCUT2D eigenvalue weighted by Gasteiger charge is 2.27. The molecule has 0 bridgehead atoms. The van der Waals surface area contributed by atoms with Crippen molar-refractivity contribution < 1.29 is 9.59 Å². The fraction of sp³-hybridized carbons (Fsp3) is 0.278. The van der Waals surface area contributed by atoms with Gasteiger partial charge < -0.3 is 11.1 Å². The first-order valence-corrected chi connectivity index (χ1v) is 10.3. The molecule has 1 aliphatic carbocycles. The van der Waals surface area contributed by atoms with E-state index in [1.165, 1.54) is 23.5 Å². The van der Waals surface area contributed by atoms with Crippen LogP contribution in [0.4, 0.5) is 5.00 Å². The number of thiophene rings is 1. The number of primary amides is 1. The quantitative estimate of drug-likeness (QED) is 0.615. The summed E-state index contributed by atoms with van der Waals surface area (Å²) in [6, 6.07) is 4.54. The number of hydrogen-bond acceptors (Lipinski definition) is 4. The third-order valence-electron chi connectivity index (χ3n) is 4.39. The van der Waals surface area contributed by atoms with Crippen LogP contribution in [0.15, 0.2) is 18.2 Å². The second kappa shape index (κ2) is 8.14. The van der Waals surface area contributed by atoms with Gasteiger partial charge in [0.05, 0.1) is 15.6 Å². The Balaban J connectivity index is 1.77. The largest absolute Gasteiger partial charge is 0.365 e. The summed E-state index contributed by atoms with van der Waals surface area (Å²) in [7, 11) is 0. The summed E-state index contributed by atoms with van der Waals surface area (Å²) in [5, 5.41) is 6.82. The fourth-order valence-corrected chi connectivity index (χ4v) is 5.02. The summed E-state index contributed by atoms with van der Waals surface area (Å²) in [5.74, 6) is -0.365. The average molecular weight is 442 g/mol. The molecule has 0 saturated heterocycles. The Labute approximate surface area is 176 Å². The Morgan fingerprint density at radius 3 is 2.70 bits per heavy atom. The minimum absolute atomic E-state index is 0.0835. The third kappa shape index (κ3) is 4.43. The van der Waals surface area contributed by atoms with Crippen molar-refractivity contribution in [3.8, 4) is 0 Å². The van der Waals surface area contributed by atoms with E-state index in [1.807, 2.05) is 0 Å². The van der Waals surface area contributed by atoms with Gasteiger partial charge in [-0.05, 0) is 61.2 Å². The molecule has 1 atom stereocenters. The molecule has 0 aliphatic heterocycles. The number of hydrogen-bond donors (Lipinski definition) is 3. The van der Waals surface area contributed by atoms with Crippen LogP contribution in [0, 0.1) is 5.92 Å². The number of carbonyl (C=O) groups is 2. The second-order valence-corrected chi connectivity index (χ2v) is 8.79. The zero-order chi connectivity index (χ0) is 19.7. The average Bonchev–Trinajstić information content (AvgIpc) is 2.93. The van der Waals surface area contributed by atoms with Crippen molar-refractivity contribution in [2.45, 2.75) is 26.2 Å². The number of amides is 2. The van der Waals surface area contributed by atoms with Crippen LogP contribution in [0.2, 0.25) is 10.0 Å². The van der Waals surface area contributed by atoms with E-state index in [4.69, 9.17) is 41.2 Å². The van der Waals surface area contributed by atoms with Gasteiger partial charge in [0.2, 0.25) is 0 Å². The summed E-state index contributed by atoms with van der Waals surface area (Å²) in [6.45, 7) is 2.18. The predicted octanol–water partition coefficient (Wildman–Crippen LogP) is 4.41. The van der Waals surface area contributed by atoms with Gasteiger partial charge in [0.15, 0.2) is 5.11 Å². The molecule has 9 heteroatoms. The van der Waals surface area contributed by atoms with Gasteiger partial charge in [-0.15, -0.1) is 11.3 Å². The Bertz CT molecular complexity index is 943. The molecule has 2 aromatic rings. The Morgan fingerprint density at radius 1 is 1.30 bits per heavy atom. The number of benzene rings is 1. The van der Waals surface area contributed by atoms with Crippen LogP contribution in [0.25, 0.3) is 0 Å². The molecule has 27 heavy (non-hydrogen) atoms. The highest BCUT2D eigenvalue weighted by molar-refractivity contribution is 7.80. The number of halogens is 2. The van der Waals surface area contributed by atoms with Crippen LogP contribution in [-0.2, 0) is 12.8 Å². The van der Waals surface area contributed by atoms with E-state index < -0.39 is 11.8 Å². The van der Waals surface area contributed by atoms with E-state index in [9.17, 15) is 9.59 Å². The van der Waals surface area contributed by atoms with Gasteiger partial charge in [-0.1, -0.05) is 30.1 Å². The molecule has 1 heterocycles. The van der Waals surface area contributed by atoms with E-state index in [0.29, 0.717) is 27.1 Å². The van der Waals surface area contributed by atoms with Gasteiger partial charge in [-0.2, -0.15) is 0 Å². The van der Waals surface area contributed by atoms with Crippen molar-refractivity contribution in [3.63, 3.8) is 0 Å². The van der Waals surface area contributed by atoms with E-state index in [0.717, 1.165) is 29.7 Å². The minimum atomic E-state index is -0.497. The summed E-state index contributed by atoms with van der Waals surface area (Å²) >= 11 is 18.5. The molecule has 5 nitrogen and oxygen atoms in total. The summed E-state index contributed by atoms with van der Waals surface area (Å²) < 4.78 is 0. The van der Waals surface area contributed by atoms with Crippen molar-refractivity contribution in [2.24, 2.45) is 11.7 Å². The molecule has 1 aromatic heterocycles. The molecule has 0 saturated carbocycles. The van der Waals surface area contributed by atoms with Crippen molar-refractivity contribution in [3.05, 3.63) is 49.8 Å². The Hall–Kier alpha value is -1.67. The van der Waals surface area contributed by atoms with Gasteiger partial charge in [-0.3, -0.25) is 14.9 Å². The van der Waals surface area contributed by atoms with Crippen molar-refractivity contribution >= 4 is 68.7 Å². The lowest BCUT2D eigenvalue weighted by atomic mass is 9.88. The number of rotatable bonds is 3. The predicted molar refractivity (Wildman–Crippen MR) is 114 cm³/mol. The first-order valence-electron chi connectivity index (χ1n) is 8.28. The van der Waals surface area contributed by atoms with E-state index in [2.05, 4.69) is 17.6 Å². The normalized spacial score (nSPS) is 15.7. The van der Waals surface area contributed by atoms with Crippen molar-refractivity contribution in [2.75, 3.05) is 5.32 Å². The number of carbonyl (C=O) groups excluding carboxylic acids is 2. The Kier molecular flexibility index (Phi) is 6.05. The van der Waals surface area contributed by atoms with Crippen LogP contribution in [0.3, 0.4) is 0 Å². The number of fused-ring (bicyclic) bond motifs is 1. The number of nitrogens with one attached hydrogen (secondary N) is 2. The zero-order valence-corrected chi connectivity index (χ0v) is 17.5. The maximum Gasteiger partial charge on any atom is 0.257 e. The lowest BCUT2D eigenvalue weighted by Crippen LogP contribution is -2.34. The van der Waals surface area contributed by atoms with Gasteiger partial charge in [0.25, 0.3) is 11.8 Å². The second-order valence-electron chi connectivity index (χ2n) is 6.46. The molecule has 4 N–H and O–H groups in total. The van der Waals surface area contributed by atoms with Crippen molar-refractivity contribution in [1.82, 2.24) is 5.32 Å². The van der Waals surface area contributed by atoms with Crippen LogP contribution < -0.4 is 16.4 Å². The smallest absolute Gasteiger partial charge is 0.257 e. The lowest BCUT2D eigenvalue weighted by molar-refractivity contribution is 0.0975. The first-order chi connectivity index (χ1) is 12.8. The molecule has 0 radical (unpaired) electrons. The lowest BCUT2D eigenvalue weighted by Gasteiger charge is -2.18. The molecule has 1 aromatic carbocycles. The molecular weight excluding hydrogens is 425 g/mol. The molecule has 142 valence electrons. The van der Waals surface area contributed by atoms with Gasteiger partial charge in [0.1, 0.15) is 5.00 Å². The van der Waals surface area contributed by atoms with E-state index in [1.54, 1.807) is 6.07 Å². The zero-order valence-electron chi connectivity index (χ0n) is 14.4. The number of anilines is 1. The van der Waals surface area contributed by atoms with Crippen LogP contribution in [0.1, 0.15) is 44.5 Å². The maximum atomic E-state index is 12.3. The molecule has 3 rings (SSSR count). The third-order valence-corrected chi connectivity index (χ3v) is 6.51. The van der Waals surface area contributed by atoms with E-state index >= 15 is 0 Å². The Morgan fingerprint density at radius 2 is 2.04 bits per heavy atom. The summed E-state index contributed by atoms with van der Waals surface area (Å²) in [5.41, 5.74) is 7.37. The number of nitrogens with two attached hydrogens (primary N) is 1. The summed E-state index contributed by atoms with van der Waals surface area (Å²) in [4.78, 5) is 25.4. The molecule has 2 amide bonds. The number of thiocarbonyl (C=S) groups is 1. The topological polar surface area (TPSA) is 84.2 Å². The maximum absolute atomic E-state index is 12.3. The van der Waals surface area contributed by atoms with Gasteiger partial charge in [0, 0.05) is 10.4 Å². The van der Waals surface area contributed by atoms with Gasteiger partial charge in [-0.25, -0.2) is 0 Å². The van der Waals surface area contributed by atoms with Gasteiger partial charge >= 0.3 is 0 Å². The molecule has 0 fully saturated rings. The first kappa shape index (κ1) is 20.1. The minimum Gasteiger partial charge on any atom is -0.365 e. The van der Waals surface area contributed by atoms with E-state index in [-0.39, 0.29) is 10.1 Å². The molecule has 1 unspecified atom stereocenters. The monoisotopic (exact) mass is 441 g/mol. The van der Waals surface area contributed by atoms with Crippen molar-refractivity contribution in [1.29, 1.82) is 0 Å². The highest BCUT2D eigenvalue weighted by Crippen LogP contribution is 2.39. The molecular formula is C18H17Cl2N3O2S2. The standard InChI is InChI=1S/C18H17Cl2N3O2S2/c1-8-2-4-10-13(6-8)27-17(14(10)15(21)24)23-18(26)22-16(25)9-3-5-11(19)12(20)7-9/h3,5,7-8H,2,4,6H2,1H3,(H2,21,24)(H2,22,23,25,26). The SMILES string of the molecule is CC1CCc2c(sc(NC(=S)NC(=O)c3ccc(Cl)c(Cl)c3)c2C(N)=O)C1. The van der Waals surface area contributed by atoms with Crippen LogP contribution in [0.5, 0.6) is 0 Å². The van der Waals surface area contributed by atoms with Crippen LogP contribution >= 0.6 is 46.8 Å². The highest BCUT2D eigenvalue weighted by atomic mass is 35.5. The van der Waals surface area contributed by atoms with Crippen LogP contribution in [-0.4, -0.2) is 16.9 Å². The molecule has 0 spiro atoms. The summed E-state index contributed by atoms with van der Waals surface area (Å²) in [6.07, 6.45) is 2.74. The molecule has 1 aliphatic rings. The fourth-order valence-electron chi connectivity index (χ4n) is 3.05.